The summed E-state index contributed by atoms with van der Waals surface area (Å²) in [6.45, 7) is 4.86. The molecule has 40 heteroatoms. The normalized spacial score (nSPS) is 20.3. The Morgan fingerprint density at radius 1 is 0.331 bits per heavy atom. The molecule has 0 aliphatic carbocycles. The Morgan fingerprint density at radius 2 is 0.633 bits per heavy atom. The number of benzene rings is 6. The summed E-state index contributed by atoms with van der Waals surface area (Å²) < 4.78 is 163. The van der Waals surface area contributed by atoms with Crippen molar-refractivity contribution in [1.29, 1.82) is 0 Å². The topological polar surface area (TPSA) is 324 Å². The second-order valence-electron chi connectivity index (χ2n) is 34.6. The fourth-order valence-electron chi connectivity index (χ4n) is 20.7. The molecule has 34 nitrogen and oxygen atoms in total. The van der Waals surface area contributed by atoms with E-state index in [1.807, 2.05) is 72.8 Å². The standard InChI is InChI=1S/C33H27F2N5O7.2C33H28F2N4O7/c1-18(41)36-15-19(16-36)46-33(44)47-31-25(42)10-12-39-30(31)32(43)38-13-14-45-17-26(38)40(39)29-20-5-2-3-6-23(20)37-11-4-7-24(37)27-21(29)8-9-22(34)28(27)35;2*34-22-8-7-21-27(28(22)35)24-6-3-12-36(24)23-5-2-1-4-20(23)29(21)39-26-18-44-17-14-37(26)32(41)30-31(25(40)9-13-38(30)39)46-33(42)45-19-10-15-43-16-11-19/h2-12,19,26,29H,13-17H2,1H3;2*1-9,12-13,19,26,29H,10-11,14-18H2/t2*26-,29-;/m11./s1. The number of hydrogen-bond acceptors (Lipinski definition) is 24. The lowest BCUT2D eigenvalue weighted by Gasteiger charge is -2.51. The van der Waals surface area contributed by atoms with E-state index >= 15 is 13.2 Å². The van der Waals surface area contributed by atoms with Crippen LogP contribution < -0.4 is 45.5 Å². The van der Waals surface area contributed by atoms with Crippen LogP contribution in [-0.2, 0) is 42.7 Å². The van der Waals surface area contributed by atoms with Gasteiger partial charge >= 0.3 is 18.5 Å². The number of hydrogen-bond donors (Lipinski definition) is 0. The van der Waals surface area contributed by atoms with Gasteiger partial charge in [-0.2, -0.15) is 0 Å². The minimum absolute atomic E-state index is 0.0409. The number of amides is 4. The molecule has 0 spiro atoms. The number of pyridine rings is 3. The van der Waals surface area contributed by atoms with Crippen molar-refractivity contribution in [3.8, 4) is 68.1 Å². The average Bonchev–Trinajstić information content (AvgIpc) is 1.65. The molecule has 6 saturated heterocycles. The van der Waals surface area contributed by atoms with Crippen LogP contribution >= 0.6 is 0 Å². The van der Waals surface area contributed by atoms with E-state index in [1.54, 1.807) is 93.5 Å². The summed E-state index contributed by atoms with van der Waals surface area (Å²) in [5, 5.41) is 5.37. The number of nitrogens with zero attached hydrogens (tertiary/aromatic N) is 13. The molecule has 6 fully saturated rings. The van der Waals surface area contributed by atoms with Crippen molar-refractivity contribution in [3.63, 3.8) is 0 Å². The highest BCUT2D eigenvalue weighted by Crippen LogP contribution is 2.52. The van der Waals surface area contributed by atoms with Gasteiger partial charge in [-0.3, -0.25) is 62.6 Å². The first-order chi connectivity index (χ1) is 67.6. The van der Waals surface area contributed by atoms with Crippen molar-refractivity contribution in [2.24, 2.45) is 0 Å². The molecule has 4 amide bonds. The van der Waals surface area contributed by atoms with Gasteiger partial charge in [0.1, 0.15) is 54.9 Å². The fraction of sp³-hybridized carbons (Fsp3) is 0.293. The molecule has 0 saturated carbocycles. The molecule has 12 aliphatic heterocycles. The third-order valence-electron chi connectivity index (χ3n) is 27.0. The number of likely N-dealkylation sites (tertiary alicyclic amines) is 1. The molecule has 6 aromatic carbocycles. The van der Waals surface area contributed by atoms with Crippen LogP contribution in [-0.4, -0.2) is 225 Å². The Balaban J connectivity index is 0.000000120. The zero-order chi connectivity index (χ0) is 95.6. The van der Waals surface area contributed by atoms with E-state index in [9.17, 15) is 61.1 Å². The molecule has 0 N–H and O–H groups in total. The van der Waals surface area contributed by atoms with Crippen LogP contribution in [0.3, 0.4) is 0 Å². The van der Waals surface area contributed by atoms with Crippen LogP contribution in [0, 0.1) is 34.9 Å². The van der Waals surface area contributed by atoms with Gasteiger partial charge in [-0.25, -0.2) is 40.7 Å². The van der Waals surface area contributed by atoms with Crippen molar-refractivity contribution in [2.45, 2.75) is 87.5 Å². The molecular formula is C99H83F6N13O21. The molecule has 6 atom stereocenters. The molecule has 139 heavy (non-hydrogen) atoms. The number of rotatable bonds is 9. The maximum absolute atomic E-state index is 15.9. The van der Waals surface area contributed by atoms with Gasteiger partial charge in [0.25, 0.3) is 17.7 Å². The molecule has 2 unspecified atom stereocenters. The third kappa shape index (κ3) is 15.2. The van der Waals surface area contributed by atoms with E-state index in [2.05, 4.69) is 0 Å². The number of aromatic nitrogens is 6. The largest absolute Gasteiger partial charge is 0.514 e. The van der Waals surface area contributed by atoms with Gasteiger partial charge in [0.15, 0.2) is 52.0 Å². The van der Waals surface area contributed by atoms with Crippen molar-refractivity contribution in [3.05, 3.63) is 317 Å². The maximum atomic E-state index is 15.9. The molecule has 12 aliphatic rings. The van der Waals surface area contributed by atoms with Crippen LogP contribution in [0.25, 0.3) is 50.8 Å². The highest BCUT2D eigenvalue weighted by molar-refractivity contribution is 6.00. The van der Waals surface area contributed by atoms with E-state index in [1.165, 1.54) is 79.7 Å². The first kappa shape index (κ1) is 88.7. The van der Waals surface area contributed by atoms with Crippen LogP contribution in [0.15, 0.2) is 215 Å². The molecule has 0 bridgehead atoms. The van der Waals surface area contributed by atoms with Crippen molar-refractivity contribution < 1.29 is 112 Å². The van der Waals surface area contributed by atoms with Crippen molar-refractivity contribution >= 4 is 42.1 Å². The van der Waals surface area contributed by atoms with E-state index in [0.29, 0.717) is 109 Å². The zero-order valence-corrected chi connectivity index (χ0v) is 73.8. The summed E-state index contributed by atoms with van der Waals surface area (Å²) in [5.74, 6) is -9.45. The van der Waals surface area contributed by atoms with Crippen LogP contribution in [0.4, 0.5) is 40.7 Å². The van der Waals surface area contributed by atoms with Crippen LogP contribution in [0.1, 0.15) is 116 Å². The summed E-state index contributed by atoms with van der Waals surface area (Å²) in [7, 11) is 0. The van der Waals surface area contributed by atoms with E-state index < -0.39 is 160 Å². The van der Waals surface area contributed by atoms with E-state index in [0.717, 1.165) is 35.4 Å². The van der Waals surface area contributed by atoms with Gasteiger partial charge in [-0.15, -0.1) is 0 Å². The monoisotopic (exact) mass is 1900 g/mol. The van der Waals surface area contributed by atoms with Crippen LogP contribution in [0.2, 0.25) is 0 Å². The predicted octanol–water partition coefficient (Wildman–Crippen LogP) is 11.4. The molecule has 24 rings (SSSR count). The molecule has 712 valence electrons. The first-order valence-electron chi connectivity index (χ1n) is 45.2. The quantitative estimate of drug-likeness (QED) is 0.0736. The molecule has 12 aromatic rings. The molecule has 6 aromatic heterocycles. The lowest BCUT2D eigenvalue weighted by molar-refractivity contribution is -0.139. The Bertz CT molecular complexity index is 6970. The Labute approximate surface area is 784 Å². The summed E-state index contributed by atoms with van der Waals surface area (Å²) in [6.07, 6.45) is 4.31. The Hall–Kier alpha value is -15.5. The highest BCUT2D eigenvalue weighted by Gasteiger charge is 2.53. The SMILES string of the molecule is CC(=O)N1CC(OC(=O)Oc2c3n(ccc2=O)N([C@@H]2c4ccccc4-n4cccc4-c4c2ccc(F)c4F)[C@@H]2COCCN2C3=O)C1.O=C(Oc1c2n(ccc1=O)N(C1c3ccccc3-n3cccc3-c3c1ccc(F)c3F)C1COCCN1C2=O)OC1CCOCC1.O=C(Oc1c2n(ccc1=O)N([C@@H]1c3ccccc3-n3cccc3-c3c1ccc(F)c3F)[C@@H]1COCCN1C2=O)OC1CCOCC1. The van der Waals surface area contributed by atoms with Gasteiger partial charge < -0.3 is 85.4 Å². The molecular weight excluding hydrogens is 1820 g/mol. The number of para-hydroxylation sites is 3. The Morgan fingerprint density at radius 3 is 0.942 bits per heavy atom. The summed E-state index contributed by atoms with van der Waals surface area (Å²) in [5.41, 5.74) is 4.24. The Kier molecular flexibility index (Phi) is 22.9. The van der Waals surface area contributed by atoms with Gasteiger partial charge in [0.2, 0.25) is 39.4 Å². The fourth-order valence-corrected chi connectivity index (χ4v) is 20.7. The molecule has 0 radical (unpaired) electrons. The third-order valence-corrected chi connectivity index (χ3v) is 27.0. The van der Waals surface area contributed by atoms with Gasteiger partial charge in [0, 0.05) is 141 Å². The van der Waals surface area contributed by atoms with Crippen molar-refractivity contribution in [1.82, 2.24) is 47.3 Å². The first-order valence-corrected chi connectivity index (χ1v) is 45.2. The summed E-state index contributed by atoms with van der Waals surface area (Å²) in [4.78, 5) is 139. The molecule has 18 heterocycles. The lowest BCUT2D eigenvalue weighted by atomic mass is 9.91. The maximum Gasteiger partial charge on any atom is 0.514 e. The summed E-state index contributed by atoms with van der Waals surface area (Å²) in [6, 6.07) is 41.6. The number of morpholine rings is 3. The number of fused-ring (bicyclic) bond motifs is 21. The zero-order valence-electron chi connectivity index (χ0n) is 73.8. The smallest absolute Gasteiger partial charge is 0.430 e. The van der Waals surface area contributed by atoms with Crippen molar-refractivity contribution in [2.75, 3.05) is 114 Å². The second kappa shape index (κ2) is 35.9. The number of carbonyl (C=O) groups is 7. The minimum Gasteiger partial charge on any atom is -0.430 e. The number of halogens is 6. The summed E-state index contributed by atoms with van der Waals surface area (Å²) >= 11 is 0. The average molecular weight is 1900 g/mol. The highest BCUT2D eigenvalue weighted by atomic mass is 19.2. The lowest BCUT2D eigenvalue weighted by Crippen LogP contribution is -2.66. The number of carbonyl (C=O) groups excluding carboxylic acids is 7. The minimum atomic E-state index is -1.20. The van der Waals surface area contributed by atoms with Gasteiger partial charge in [-0.1, -0.05) is 72.8 Å². The van der Waals surface area contributed by atoms with Crippen LogP contribution in [0.5, 0.6) is 17.2 Å². The second-order valence-corrected chi connectivity index (χ2v) is 34.6. The van der Waals surface area contributed by atoms with E-state index in [-0.39, 0.29) is 112 Å². The van der Waals surface area contributed by atoms with Gasteiger partial charge in [-0.05, 0) is 89.5 Å². The predicted molar refractivity (Wildman–Crippen MR) is 478 cm³/mol. The van der Waals surface area contributed by atoms with E-state index in [4.69, 9.17) is 52.1 Å². The van der Waals surface area contributed by atoms with Gasteiger partial charge in [0.05, 0.1) is 113 Å². The number of ether oxygens (including phenoxy) is 11.